The van der Waals surface area contributed by atoms with E-state index >= 15 is 0 Å². The average molecular weight is 1130 g/mol. The van der Waals surface area contributed by atoms with Crippen molar-refractivity contribution in [3.05, 3.63) is 35.9 Å². The molecule has 27 nitrogen and oxygen atoms in total. The van der Waals surface area contributed by atoms with Crippen LogP contribution >= 0.6 is 0 Å². The molecule has 0 aliphatic rings. The van der Waals surface area contributed by atoms with Crippen LogP contribution in [0.3, 0.4) is 0 Å². The van der Waals surface area contributed by atoms with E-state index in [0.29, 0.717) is 31.2 Å². The highest BCUT2D eigenvalue weighted by Crippen LogP contribution is 2.15. The molecular weight excluding hydrogens is 1040 g/mol. The molecule has 0 heterocycles. The molecule has 0 bridgehead atoms. The van der Waals surface area contributed by atoms with Gasteiger partial charge in [-0.05, 0) is 80.7 Å². The van der Waals surface area contributed by atoms with Crippen LogP contribution in [0, 0.1) is 23.7 Å². The normalized spacial score (nSPS) is 15.3. The molecule has 21 N–H and O–H groups in total. The Morgan fingerprint density at radius 1 is 0.525 bits per heavy atom. The fourth-order valence-electron chi connectivity index (χ4n) is 8.12. The zero-order valence-corrected chi connectivity index (χ0v) is 47.6. The van der Waals surface area contributed by atoms with Crippen molar-refractivity contribution in [2.45, 2.75) is 187 Å². The number of amides is 10. The van der Waals surface area contributed by atoms with Crippen molar-refractivity contribution in [3.63, 3.8) is 0 Å². The second kappa shape index (κ2) is 36.7. The number of nitrogens with zero attached hydrogens (tertiary/aromatic N) is 1. The van der Waals surface area contributed by atoms with Gasteiger partial charge < -0.3 is 82.0 Å². The van der Waals surface area contributed by atoms with Crippen molar-refractivity contribution in [2.24, 2.45) is 63.1 Å². The molecule has 0 fully saturated rings. The lowest BCUT2D eigenvalue weighted by molar-refractivity contribution is -0.143. The minimum atomic E-state index is -1.82. The van der Waals surface area contributed by atoms with E-state index < -0.39 is 151 Å². The smallest absolute Gasteiger partial charge is 0.326 e. The highest BCUT2D eigenvalue weighted by molar-refractivity contribution is 5.99. The first-order chi connectivity index (χ1) is 37.6. The number of carboxylic acids is 1. The fraction of sp³-hybridized carbons (Fsp3) is 0.660. The van der Waals surface area contributed by atoms with Crippen LogP contribution in [0.5, 0.6) is 0 Å². The van der Waals surface area contributed by atoms with Gasteiger partial charge in [0.05, 0.1) is 12.5 Å². The van der Waals surface area contributed by atoms with Crippen LogP contribution in [0.25, 0.3) is 0 Å². The van der Waals surface area contributed by atoms with Crippen LogP contribution in [0.2, 0.25) is 0 Å². The standard InChI is InChI=1S/C53H91N15O12/c1-9-30(7)41(57)50(77)66-36(25-28(3)4)47(74)61-33(19-14-15-23-54)46(73)68-43(31(8)10-2)51(78)63-35(21-22-39(55)69)44(71)65-38(27-40(56)70)49(76)64-37(26-32-17-12-11-13-18-32)48(75)62-34(20-16-24-60-53(58)59)45(72)67-42(29(5)6)52(79)80/h11-13,17-18,28-31,33-38,41-43H,9-10,14-16,19-27,54,57H2,1-8H3,(H2,55,69)(H2,56,70)(H,61,74)(H,62,75)(H,63,78)(H,64,76)(H,65,71)(H,66,77)(H,67,72)(H,68,73)(H,79,80)(H4,58,59,60)/t30-,31-,33-,34-,35-,36-,37-,38-,41-,42-,43-/m0/s1. The molecule has 1 rings (SSSR count). The van der Waals surface area contributed by atoms with E-state index in [9.17, 15) is 57.8 Å². The molecule has 0 radical (unpaired) electrons. The largest absolute Gasteiger partial charge is 0.480 e. The van der Waals surface area contributed by atoms with E-state index in [1.54, 1.807) is 58.0 Å². The number of guanidine groups is 1. The number of aliphatic imine (C=N–C) groups is 1. The van der Waals surface area contributed by atoms with Crippen molar-refractivity contribution < 1.29 is 57.8 Å². The number of hydrogen-bond donors (Lipinski definition) is 15. The number of nitrogens with two attached hydrogens (primary N) is 6. The van der Waals surface area contributed by atoms with E-state index in [0.717, 1.165) is 0 Å². The molecule has 80 heavy (non-hydrogen) atoms. The summed E-state index contributed by atoms with van der Waals surface area (Å²) in [5.74, 6) is -11.8. The number of unbranched alkanes of at least 4 members (excludes halogenated alkanes) is 1. The zero-order valence-electron chi connectivity index (χ0n) is 47.6. The fourth-order valence-corrected chi connectivity index (χ4v) is 8.12. The molecule has 1 aromatic rings. The Labute approximate surface area is 468 Å². The number of benzene rings is 1. The Bertz CT molecular complexity index is 2250. The summed E-state index contributed by atoms with van der Waals surface area (Å²) in [5.41, 5.74) is 34.4. The van der Waals surface area contributed by atoms with Crippen molar-refractivity contribution >= 4 is 71.0 Å². The summed E-state index contributed by atoms with van der Waals surface area (Å²) in [6, 6.07) is -3.96. The molecule has 0 aliphatic heterocycles. The number of aliphatic carboxylic acids is 1. The molecule has 0 unspecified atom stereocenters. The number of hydrogen-bond acceptors (Lipinski definition) is 14. The van der Waals surface area contributed by atoms with Crippen LogP contribution in [-0.2, 0) is 59.2 Å². The van der Waals surface area contributed by atoms with Crippen molar-refractivity contribution in [3.8, 4) is 0 Å². The summed E-state index contributed by atoms with van der Waals surface area (Å²) in [7, 11) is 0. The number of carboxylic acid groups (broad SMARTS) is 1. The van der Waals surface area contributed by atoms with Gasteiger partial charge in [-0.1, -0.05) is 98.6 Å². The lowest BCUT2D eigenvalue weighted by Crippen LogP contribution is -2.61. The van der Waals surface area contributed by atoms with Gasteiger partial charge in [0.2, 0.25) is 59.1 Å². The number of carbonyl (C=O) groups excluding carboxylic acids is 10. The Kier molecular flexibility index (Phi) is 32.4. The third-order valence-electron chi connectivity index (χ3n) is 13.3. The summed E-state index contributed by atoms with van der Waals surface area (Å²) in [4.78, 5) is 153. The number of carbonyl (C=O) groups is 11. The van der Waals surface area contributed by atoms with E-state index in [4.69, 9.17) is 34.4 Å². The first-order valence-corrected chi connectivity index (χ1v) is 27.3. The molecule has 0 saturated carbocycles. The predicted molar refractivity (Wildman–Crippen MR) is 299 cm³/mol. The molecule has 0 spiro atoms. The molecule has 27 heteroatoms. The van der Waals surface area contributed by atoms with Crippen LogP contribution in [0.15, 0.2) is 35.3 Å². The Hall–Kier alpha value is -7.42. The van der Waals surface area contributed by atoms with Crippen molar-refractivity contribution in [1.29, 1.82) is 0 Å². The van der Waals surface area contributed by atoms with Crippen LogP contribution in [0.1, 0.15) is 132 Å². The molecule has 450 valence electrons. The van der Waals surface area contributed by atoms with E-state index in [2.05, 4.69) is 47.5 Å². The quantitative estimate of drug-likeness (QED) is 0.0186. The van der Waals surface area contributed by atoms with Crippen LogP contribution < -0.4 is 76.9 Å². The Morgan fingerprint density at radius 3 is 1.49 bits per heavy atom. The Morgan fingerprint density at radius 2 is 0.988 bits per heavy atom. The van der Waals surface area contributed by atoms with Gasteiger partial charge in [0.25, 0.3) is 0 Å². The predicted octanol–water partition coefficient (Wildman–Crippen LogP) is -2.36. The highest BCUT2D eigenvalue weighted by Gasteiger charge is 2.37. The summed E-state index contributed by atoms with van der Waals surface area (Å²) in [6.45, 7) is 14.2. The maximum atomic E-state index is 14.3. The van der Waals surface area contributed by atoms with Crippen molar-refractivity contribution in [1.82, 2.24) is 42.5 Å². The molecule has 11 atom stereocenters. The topological polar surface area (TPSA) is 473 Å². The average Bonchev–Trinajstić information content (AvgIpc) is 3.39. The first-order valence-electron chi connectivity index (χ1n) is 27.3. The minimum Gasteiger partial charge on any atom is -0.480 e. The Balaban J connectivity index is 3.66. The van der Waals surface area contributed by atoms with Gasteiger partial charge in [0.15, 0.2) is 5.96 Å². The van der Waals surface area contributed by atoms with Gasteiger partial charge in [0, 0.05) is 19.4 Å². The zero-order chi connectivity index (χ0) is 60.8. The second-order valence-electron chi connectivity index (χ2n) is 20.9. The first kappa shape index (κ1) is 70.6. The van der Waals surface area contributed by atoms with E-state index in [1.165, 1.54) is 0 Å². The van der Waals surface area contributed by atoms with Gasteiger partial charge in [-0.25, -0.2) is 4.79 Å². The van der Waals surface area contributed by atoms with Crippen LogP contribution in [-0.4, -0.2) is 144 Å². The molecule has 0 aliphatic carbocycles. The third-order valence-corrected chi connectivity index (χ3v) is 13.3. The molecule has 1 aromatic carbocycles. The lowest BCUT2D eigenvalue weighted by Gasteiger charge is -2.30. The molecule has 0 saturated heterocycles. The summed E-state index contributed by atoms with van der Waals surface area (Å²) < 4.78 is 0. The minimum absolute atomic E-state index is 0.0359. The molecule has 0 aromatic heterocycles. The highest BCUT2D eigenvalue weighted by atomic mass is 16.4. The number of rotatable bonds is 39. The number of nitrogens with one attached hydrogen (secondary N) is 8. The summed E-state index contributed by atoms with van der Waals surface area (Å²) in [6.07, 6.45) is 0.168. The second-order valence-corrected chi connectivity index (χ2v) is 20.9. The monoisotopic (exact) mass is 1130 g/mol. The van der Waals surface area contributed by atoms with Gasteiger partial charge in [-0.3, -0.25) is 52.9 Å². The lowest BCUT2D eigenvalue weighted by atomic mass is 9.96. The SMILES string of the molecule is CC[C@H](C)[C@H](N)C(=O)N[C@@H](CC(C)C)C(=O)N[C@@H](CCCCN)C(=O)N[C@H](C(=O)N[C@@H](CCC(N)=O)C(=O)N[C@@H](CC(N)=O)C(=O)N[C@@H](Cc1ccccc1)C(=O)N[C@@H](CCCN=C(N)N)C(=O)N[C@H](C(=O)O)C(C)C)[C@@H](C)CC. The summed E-state index contributed by atoms with van der Waals surface area (Å²) >= 11 is 0. The van der Waals surface area contributed by atoms with E-state index in [-0.39, 0.29) is 63.0 Å². The molecule has 10 amide bonds. The maximum Gasteiger partial charge on any atom is 0.326 e. The summed E-state index contributed by atoms with van der Waals surface area (Å²) in [5, 5.41) is 30.4. The van der Waals surface area contributed by atoms with Crippen molar-refractivity contribution in [2.75, 3.05) is 13.1 Å². The van der Waals surface area contributed by atoms with Gasteiger partial charge in [-0.2, -0.15) is 0 Å². The third kappa shape index (κ3) is 26.5. The molecular formula is C53H91N15O12. The van der Waals surface area contributed by atoms with Gasteiger partial charge >= 0.3 is 5.97 Å². The van der Waals surface area contributed by atoms with Crippen LogP contribution in [0.4, 0.5) is 0 Å². The van der Waals surface area contributed by atoms with Gasteiger partial charge in [-0.15, -0.1) is 0 Å². The number of primary amides is 2. The van der Waals surface area contributed by atoms with Gasteiger partial charge in [0.1, 0.15) is 48.3 Å². The van der Waals surface area contributed by atoms with E-state index in [1.807, 2.05) is 27.7 Å². The maximum absolute atomic E-state index is 14.3.